The third kappa shape index (κ3) is 2.88. The van der Waals surface area contributed by atoms with Crippen LogP contribution in [0.5, 0.6) is 0 Å². The molecule has 0 unspecified atom stereocenters. The summed E-state index contributed by atoms with van der Waals surface area (Å²) in [5, 5.41) is 3.33. The molecule has 2 saturated heterocycles. The van der Waals surface area contributed by atoms with E-state index in [1.54, 1.807) is 0 Å². The highest BCUT2D eigenvalue weighted by Gasteiger charge is 2.24. The van der Waals surface area contributed by atoms with E-state index in [9.17, 15) is 4.79 Å². The van der Waals surface area contributed by atoms with Crippen LogP contribution in [0.25, 0.3) is 0 Å². The fraction of sp³-hybridized carbons (Fsp3) is 0.917. The molecule has 0 bridgehead atoms. The lowest BCUT2D eigenvalue weighted by Gasteiger charge is -2.34. The summed E-state index contributed by atoms with van der Waals surface area (Å²) in [5.74, 6) is 0.787. The minimum atomic E-state index is 0.260. The van der Waals surface area contributed by atoms with E-state index in [0.717, 1.165) is 64.4 Å². The molecule has 2 aliphatic heterocycles. The van der Waals surface area contributed by atoms with Crippen molar-refractivity contribution in [1.82, 2.24) is 15.1 Å². The Bertz CT molecular complexity index is 228. The van der Waals surface area contributed by atoms with Gasteiger partial charge in [-0.05, 0) is 31.7 Å². The van der Waals surface area contributed by atoms with E-state index in [-0.39, 0.29) is 6.03 Å². The SMILES string of the molecule is CC1CCN(C(=O)N2CCCNCC2)CC1. The summed E-state index contributed by atoms with van der Waals surface area (Å²) in [5.41, 5.74) is 0. The maximum Gasteiger partial charge on any atom is 0.320 e. The van der Waals surface area contributed by atoms with Crippen molar-refractivity contribution in [2.24, 2.45) is 5.92 Å². The van der Waals surface area contributed by atoms with Crippen LogP contribution in [0, 0.1) is 5.92 Å². The third-order valence-corrected chi connectivity index (χ3v) is 3.66. The minimum Gasteiger partial charge on any atom is -0.325 e. The van der Waals surface area contributed by atoms with E-state index in [0.29, 0.717) is 0 Å². The second kappa shape index (κ2) is 5.53. The molecule has 1 N–H and O–H groups in total. The van der Waals surface area contributed by atoms with Crippen LogP contribution in [0.3, 0.4) is 0 Å². The highest BCUT2D eigenvalue weighted by atomic mass is 16.2. The molecule has 0 aromatic carbocycles. The molecule has 4 heteroatoms. The Labute approximate surface area is 98.0 Å². The third-order valence-electron chi connectivity index (χ3n) is 3.66. The molecule has 0 aromatic heterocycles. The molecule has 16 heavy (non-hydrogen) atoms. The number of nitrogens with zero attached hydrogens (tertiary/aromatic N) is 2. The fourth-order valence-corrected chi connectivity index (χ4v) is 2.44. The molecule has 0 atom stereocenters. The largest absolute Gasteiger partial charge is 0.325 e. The van der Waals surface area contributed by atoms with Gasteiger partial charge in [-0.2, -0.15) is 0 Å². The number of carbonyl (C=O) groups is 1. The van der Waals surface area contributed by atoms with Crippen molar-refractivity contribution >= 4 is 6.03 Å². The number of carbonyl (C=O) groups excluding carboxylic acids is 1. The van der Waals surface area contributed by atoms with Crippen LogP contribution in [0.15, 0.2) is 0 Å². The Morgan fingerprint density at radius 3 is 2.50 bits per heavy atom. The first-order valence-corrected chi connectivity index (χ1v) is 6.52. The predicted octanol–water partition coefficient (Wildman–Crippen LogP) is 1.13. The molecular weight excluding hydrogens is 202 g/mol. The van der Waals surface area contributed by atoms with Gasteiger partial charge < -0.3 is 15.1 Å². The lowest BCUT2D eigenvalue weighted by Crippen LogP contribution is -2.47. The van der Waals surface area contributed by atoms with E-state index in [1.165, 1.54) is 0 Å². The average molecular weight is 225 g/mol. The number of hydrogen-bond donors (Lipinski definition) is 1. The summed E-state index contributed by atoms with van der Waals surface area (Å²) >= 11 is 0. The van der Waals surface area contributed by atoms with E-state index < -0.39 is 0 Å². The topological polar surface area (TPSA) is 35.6 Å². The highest BCUT2D eigenvalue weighted by Crippen LogP contribution is 2.17. The molecule has 0 aromatic rings. The van der Waals surface area contributed by atoms with Crippen LogP contribution in [0.4, 0.5) is 4.79 Å². The Morgan fingerprint density at radius 1 is 1.06 bits per heavy atom. The van der Waals surface area contributed by atoms with Crippen LogP contribution in [0.2, 0.25) is 0 Å². The molecule has 0 saturated carbocycles. The van der Waals surface area contributed by atoms with Crippen molar-refractivity contribution in [3.63, 3.8) is 0 Å². The van der Waals surface area contributed by atoms with Crippen molar-refractivity contribution in [2.75, 3.05) is 39.3 Å². The van der Waals surface area contributed by atoms with E-state index in [2.05, 4.69) is 12.2 Å². The van der Waals surface area contributed by atoms with Crippen molar-refractivity contribution < 1.29 is 4.79 Å². The number of piperidine rings is 1. The first-order valence-electron chi connectivity index (χ1n) is 6.52. The lowest BCUT2D eigenvalue weighted by molar-refractivity contribution is 0.137. The van der Waals surface area contributed by atoms with Crippen LogP contribution >= 0.6 is 0 Å². The van der Waals surface area contributed by atoms with Crippen LogP contribution in [-0.2, 0) is 0 Å². The second-order valence-electron chi connectivity index (χ2n) is 5.04. The van der Waals surface area contributed by atoms with Gasteiger partial charge in [0.25, 0.3) is 0 Å². The van der Waals surface area contributed by atoms with Gasteiger partial charge in [-0.15, -0.1) is 0 Å². The van der Waals surface area contributed by atoms with E-state index >= 15 is 0 Å². The summed E-state index contributed by atoms with van der Waals surface area (Å²) < 4.78 is 0. The van der Waals surface area contributed by atoms with Gasteiger partial charge in [0, 0.05) is 32.7 Å². The molecule has 2 aliphatic rings. The van der Waals surface area contributed by atoms with Crippen LogP contribution < -0.4 is 5.32 Å². The van der Waals surface area contributed by atoms with Gasteiger partial charge in [-0.25, -0.2) is 4.79 Å². The summed E-state index contributed by atoms with van der Waals surface area (Å²) in [7, 11) is 0. The average Bonchev–Trinajstić information content (AvgIpc) is 2.57. The fourth-order valence-electron chi connectivity index (χ4n) is 2.44. The number of nitrogens with one attached hydrogen (secondary N) is 1. The van der Waals surface area contributed by atoms with Crippen molar-refractivity contribution in [2.45, 2.75) is 26.2 Å². The lowest BCUT2D eigenvalue weighted by atomic mass is 9.99. The number of hydrogen-bond acceptors (Lipinski definition) is 2. The van der Waals surface area contributed by atoms with Crippen molar-refractivity contribution in [3.05, 3.63) is 0 Å². The zero-order chi connectivity index (χ0) is 11.4. The zero-order valence-electron chi connectivity index (χ0n) is 10.2. The first kappa shape index (κ1) is 11.7. The Hall–Kier alpha value is -0.770. The normalized spacial score (nSPS) is 24.3. The van der Waals surface area contributed by atoms with Crippen molar-refractivity contribution in [1.29, 1.82) is 0 Å². The number of rotatable bonds is 0. The Kier molecular flexibility index (Phi) is 4.04. The van der Waals surface area contributed by atoms with Gasteiger partial charge in [0.15, 0.2) is 0 Å². The number of likely N-dealkylation sites (tertiary alicyclic amines) is 1. The second-order valence-corrected chi connectivity index (χ2v) is 5.04. The summed E-state index contributed by atoms with van der Waals surface area (Å²) in [6, 6.07) is 0.260. The highest BCUT2D eigenvalue weighted by molar-refractivity contribution is 5.74. The van der Waals surface area contributed by atoms with Crippen LogP contribution in [0.1, 0.15) is 26.2 Å². The minimum absolute atomic E-state index is 0.260. The monoisotopic (exact) mass is 225 g/mol. The predicted molar refractivity (Wildman–Crippen MR) is 64.4 cm³/mol. The molecule has 0 radical (unpaired) electrons. The summed E-state index contributed by atoms with van der Waals surface area (Å²) in [6.45, 7) is 7.94. The standard InChI is InChI=1S/C12H23N3O/c1-11-3-8-15(9-4-11)12(16)14-7-2-5-13-6-10-14/h11,13H,2-10H2,1H3. The maximum absolute atomic E-state index is 12.2. The summed E-state index contributed by atoms with van der Waals surface area (Å²) in [6.07, 6.45) is 3.41. The van der Waals surface area contributed by atoms with Gasteiger partial charge in [0.05, 0.1) is 0 Å². The van der Waals surface area contributed by atoms with Crippen LogP contribution in [-0.4, -0.2) is 55.1 Å². The molecule has 2 rings (SSSR count). The summed E-state index contributed by atoms with van der Waals surface area (Å²) in [4.78, 5) is 16.3. The Morgan fingerprint density at radius 2 is 1.75 bits per heavy atom. The van der Waals surface area contributed by atoms with E-state index in [4.69, 9.17) is 0 Å². The number of urea groups is 1. The van der Waals surface area contributed by atoms with Gasteiger partial charge in [0.2, 0.25) is 0 Å². The van der Waals surface area contributed by atoms with Gasteiger partial charge in [-0.3, -0.25) is 0 Å². The zero-order valence-corrected chi connectivity index (χ0v) is 10.2. The molecule has 2 heterocycles. The molecule has 92 valence electrons. The molecule has 0 spiro atoms. The Balaban J connectivity index is 1.85. The smallest absolute Gasteiger partial charge is 0.320 e. The first-order chi connectivity index (χ1) is 7.77. The van der Waals surface area contributed by atoms with Gasteiger partial charge >= 0.3 is 6.03 Å². The van der Waals surface area contributed by atoms with E-state index in [1.807, 2.05) is 9.80 Å². The molecular formula is C12H23N3O. The van der Waals surface area contributed by atoms with Gasteiger partial charge in [-0.1, -0.05) is 6.92 Å². The molecule has 2 fully saturated rings. The number of amides is 2. The van der Waals surface area contributed by atoms with Crippen molar-refractivity contribution in [3.8, 4) is 0 Å². The maximum atomic E-state index is 12.2. The quantitative estimate of drug-likeness (QED) is 0.671. The molecule has 0 aliphatic carbocycles. The van der Waals surface area contributed by atoms with Gasteiger partial charge in [0.1, 0.15) is 0 Å². The molecule has 2 amide bonds. The molecule has 4 nitrogen and oxygen atoms in total.